The molecule has 0 unspecified atom stereocenters. The fourth-order valence-electron chi connectivity index (χ4n) is 4.11. The summed E-state index contributed by atoms with van der Waals surface area (Å²) < 4.78 is 15.8. The Kier molecular flexibility index (Phi) is 7.43. The van der Waals surface area contributed by atoms with Crippen molar-refractivity contribution in [3.05, 3.63) is 35.4 Å². The van der Waals surface area contributed by atoms with Gasteiger partial charge in [-0.05, 0) is 66.2 Å². The molecule has 4 atom stereocenters. The molecule has 8 nitrogen and oxygen atoms in total. The zero-order valence-corrected chi connectivity index (χ0v) is 20.6. The molecule has 1 aliphatic rings. The van der Waals surface area contributed by atoms with Crippen LogP contribution in [0.1, 0.15) is 76.7 Å². The molecule has 1 fully saturated rings. The number of ether oxygens (including phenoxy) is 3. The Hall–Kier alpha value is -2.74. The summed E-state index contributed by atoms with van der Waals surface area (Å²) in [6.45, 7) is 11.5. The van der Waals surface area contributed by atoms with Crippen molar-refractivity contribution in [2.24, 2.45) is 11.8 Å². The first-order chi connectivity index (χ1) is 15.0. The van der Waals surface area contributed by atoms with Gasteiger partial charge in [-0.2, -0.15) is 0 Å². The number of esters is 3. The van der Waals surface area contributed by atoms with Crippen LogP contribution in [0.3, 0.4) is 0 Å². The molecule has 1 saturated carbocycles. The molecule has 1 aromatic carbocycles. The molecule has 0 bridgehead atoms. The van der Waals surface area contributed by atoms with Crippen molar-refractivity contribution >= 4 is 23.7 Å². The molecule has 1 aliphatic carbocycles. The second-order valence-electron chi connectivity index (χ2n) is 10.7. The third-order valence-electron chi connectivity index (χ3n) is 5.31. The van der Waals surface area contributed by atoms with Gasteiger partial charge in [-0.1, -0.05) is 12.1 Å². The SMILES string of the molecule is COC(=O)c1ccc([C@@H]2[C@H](C(=O)OC(C)(C)C)C(=O)C[C@](C)(O)[C@@H]2C(=O)OC(C)(C)C)cc1. The summed E-state index contributed by atoms with van der Waals surface area (Å²) in [4.78, 5) is 51.4. The number of carbonyl (C=O) groups excluding carboxylic acids is 4. The van der Waals surface area contributed by atoms with Gasteiger partial charge < -0.3 is 19.3 Å². The Morgan fingerprint density at radius 3 is 1.88 bits per heavy atom. The van der Waals surface area contributed by atoms with Crippen molar-refractivity contribution in [1.29, 1.82) is 0 Å². The molecule has 1 N–H and O–H groups in total. The number of Topliss-reactive ketones (excluding diaryl/α,β-unsaturated/α-hetero) is 1. The number of ketones is 1. The van der Waals surface area contributed by atoms with E-state index in [9.17, 15) is 24.3 Å². The van der Waals surface area contributed by atoms with Crippen LogP contribution in [0.15, 0.2) is 24.3 Å². The van der Waals surface area contributed by atoms with Gasteiger partial charge in [0.1, 0.15) is 17.1 Å². The molecule has 182 valence electrons. The highest BCUT2D eigenvalue weighted by Crippen LogP contribution is 2.47. The highest BCUT2D eigenvalue weighted by molar-refractivity contribution is 6.03. The van der Waals surface area contributed by atoms with Crippen LogP contribution in [0.25, 0.3) is 0 Å². The van der Waals surface area contributed by atoms with Crippen LogP contribution >= 0.6 is 0 Å². The van der Waals surface area contributed by atoms with E-state index in [0.717, 1.165) is 0 Å². The fourth-order valence-corrected chi connectivity index (χ4v) is 4.11. The largest absolute Gasteiger partial charge is 0.465 e. The van der Waals surface area contributed by atoms with Gasteiger partial charge >= 0.3 is 17.9 Å². The summed E-state index contributed by atoms with van der Waals surface area (Å²) in [7, 11) is 1.25. The van der Waals surface area contributed by atoms with Crippen molar-refractivity contribution in [1.82, 2.24) is 0 Å². The summed E-state index contributed by atoms with van der Waals surface area (Å²) in [6, 6.07) is 6.04. The predicted molar refractivity (Wildman–Crippen MR) is 119 cm³/mol. The highest BCUT2D eigenvalue weighted by Gasteiger charge is 2.57. The van der Waals surface area contributed by atoms with Crippen LogP contribution in [-0.4, -0.2) is 52.7 Å². The minimum absolute atomic E-state index is 0.262. The lowest BCUT2D eigenvalue weighted by Crippen LogP contribution is -2.56. The Labute approximate surface area is 194 Å². The van der Waals surface area contributed by atoms with Crippen LogP contribution < -0.4 is 0 Å². The van der Waals surface area contributed by atoms with Gasteiger partial charge in [0, 0.05) is 12.3 Å². The van der Waals surface area contributed by atoms with Crippen LogP contribution in [-0.2, 0) is 28.6 Å². The van der Waals surface area contributed by atoms with E-state index in [2.05, 4.69) is 0 Å². The zero-order valence-electron chi connectivity index (χ0n) is 20.6. The van der Waals surface area contributed by atoms with Crippen molar-refractivity contribution in [3.8, 4) is 0 Å². The van der Waals surface area contributed by atoms with Crippen molar-refractivity contribution in [2.45, 2.75) is 77.6 Å². The fraction of sp³-hybridized carbons (Fsp3) is 0.600. The smallest absolute Gasteiger partial charge is 0.337 e. The molecule has 0 heterocycles. The third-order valence-corrected chi connectivity index (χ3v) is 5.31. The normalized spacial score (nSPS) is 25.8. The topological polar surface area (TPSA) is 116 Å². The van der Waals surface area contributed by atoms with Crippen molar-refractivity contribution in [3.63, 3.8) is 0 Å². The summed E-state index contributed by atoms with van der Waals surface area (Å²) in [5.41, 5.74) is -2.79. The molecule has 0 radical (unpaired) electrons. The van der Waals surface area contributed by atoms with Gasteiger partial charge in [0.2, 0.25) is 0 Å². The van der Waals surface area contributed by atoms with E-state index in [1.165, 1.54) is 26.2 Å². The third kappa shape index (κ3) is 6.41. The van der Waals surface area contributed by atoms with Crippen LogP contribution in [0, 0.1) is 11.8 Å². The summed E-state index contributed by atoms with van der Waals surface area (Å²) in [5.74, 6) is -6.20. The maximum Gasteiger partial charge on any atom is 0.337 e. The van der Waals surface area contributed by atoms with E-state index in [1.807, 2.05) is 0 Å². The van der Waals surface area contributed by atoms with E-state index in [-0.39, 0.29) is 5.56 Å². The number of rotatable bonds is 4. The summed E-state index contributed by atoms with van der Waals surface area (Å²) in [6.07, 6.45) is -0.405. The van der Waals surface area contributed by atoms with E-state index in [1.54, 1.807) is 53.7 Å². The van der Waals surface area contributed by atoms with Gasteiger partial charge in [0.25, 0.3) is 0 Å². The van der Waals surface area contributed by atoms with Crippen LogP contribution in [0.4, 0.5) is 0 Å². The number of hydrogen-bond donors (Lipinski definition) is 1. The minimum Gasteiger partial charge on any atom is -0.465 e. The Morgan fingerprint density at radius 1 is 0.939 bits per heavy atom. The van der Waals surface area contributed by atoms with Gasteiger partial charge in [-0.3, -0.25) is 14.4 Å². The quantitative estimate of drug-likeness (QED) is 0.412. The first kappa shape index (κ1) is 26.5. The number of hydrogen-bond acceptors (Lipinski definition) is 8. The van der Waals surface area contributed by atoms with E-state index < -0.39 is 64.7 Å². The molecule has 0 amide bonds. The summed E-state index contributed by atoms with van der Waals surface area (Å²) >= 11 is 0. The zero-order chi connectivity index (χ0) is 25.4. The van der Waals surface area contributed by atoms with Gasteiger partial charge in [0.15, 0.2) is 5.78 Å². The first-order valence-electron chi connectivity index (χ1n) is 10.9. The Balaban J connectivity index is 2.65. The maximum absolute atomic E-state index is 13.3. The Morgan fingerprint density at radius 2 is 1.42 bits per heavy atom. The standard InChI is InChI=1S/C25H34O8/c1-23(2,3)32-21(28)18-16(26)13-25(7,30)19(22(29)33-24(4,5)6)17(18)14-9-11-15(12-10-14)20(27)31-8/h9-12,17-19,30H,13H2,1-8H3/t17-,18-,19+,25+/m1/s1. The number of methoxy groups -OCH3 is 1. The second kappa shape index (κ2) is 9.25. The molecule has 0 saturated heterocycles. The maximum atomic E-state index is 13.3. The minimum atomic E-state index is -1.76. The molecule has 33 heavy (non-hydrogen) atoms. The highest BCUT2D eigenvalue weighted by atomic mass is 16.6. The molecular weight excluding hydrogens is 428 g/mol. The predicted octanol–water partition coefficient (Wildman–Crippen LogP) is 3.20. The van der Waals surface area contributed by atoms with Gasteiger partial charge in [-0.25, -0.2) is 4.79 Å². The van der Waals surface area contributed by atoms with E-state index >= 15 is 0 Å². The molecule has 1 aromatic rings. The van der Waals surface area contributed by atoms with Crippen LogP contribution in [0.2, 0.25) is 0 Å². The number of carbonyl (C=O) groups is 4. The number of aliphatic hydroxyl groups is 1. The average Bonchev–Trinajstić information content (AvgIpc) is 2.63. The number of benzene rings is 1. The van der Waals surface area contributed by atoms with Crippen molar-refractivity contribution in [2.75, 3.05) is 7.11 Å². The van der Waals surface area contributed by atoms with E-state index in [4.69, 9.17) is 14.2 Å². The molecule has 0 aliphatic heterocycles. The molecule has 2 rings (SSSR count). The Bertz CT molecular complexity index is 915. The lowest BCUT2D eigenvalue weighted by molar-refractivity contribution is -0.182. The lowest BCUT2D eigenvalue weighted by Gasteiger charge is -2.44. The first-order valence-corrected chi connectivity index (χ1v) is 10.9. The van der Waals surface area contributed by atoms with Crippen molar-refractivity contribution < 1.29 is 38.5 Å². The molecule has 8 heteroatoms. The molecular formula is C25H34O8. The summed E-state index contributed by atoms with van der Waals surface area (Å²) in [5, 5.41) is 11.2. The lowest BCUT2D eigenvalue weighted by atomic mass is 9.61. The molecule has 0 aromatic heterocycles. The van der Waals surface area contributed by atoms with Gasteiger partial charge in [-0.15, -0.1) is 0 Å². The molecule has 0 spiro atoms. The second-order valence-corrected chi connectivity index (χ2v) is 10.7. The monoisotopic (exact) mass is 462 g/mol. The van der Waals surface area contributed by atoms with E-state index in [0.29, 0.717) is 5.56 Å². The van der Waals surface area contributed by atoms with Crippen LogP contribution in [0.5, 0.6) is 0 Å². The average molecular weight is 463 g/mol. The van der Waals surface area contributed by atoms with Gasteiger partial charge in [0.05, 0.1) is 24.2 Å².